The molecular weight excluding hydrogens is 248 g/mol. The summed E-state index contributed by atoms with van der Waals surface area (Å²) in [4.78, 5) is 8.15. The molecule has 2 rings (SSSR count). The average Bonchev–Trinajstić information content (AvgIpc) is 2.59. The van der Waals surface area contributed by atoms with Gasteiger partial charge in [0.1, 0.15) is 4.60 Å². The van der Waals surface area contributed by atoms with E-state index in [1.165, 1.54) is 0 Å². The molecule has 3 N–H and O–H groups in total. The van der Waals surface area contributed by atoms with E-state index in [1.807, 2.05) is 0 Å². The van der Waals surface area contributed by atoms with E-state index in [2.05, 4.69) is 25.9 Å². The Hall–Kier alpha value is -0.980. The number of halogens is 1. The molecule has 14 heavy (non-hydrogen) atoms. The maximum atomic E-state index is 8.94. The number of rotatable bonds is 2. The molecule has 0 amide bonds. The lowest BCUT2D eigenvalue weighted by atomic mass is 10.2. The minimum atomic E-state index is -0.417. The minimum absolute atomic E-state index is 0.103. The van der Waals surface area contributed by atoms with Gasteiger partial charge < -0.3 is 10.8 Å². The Morgan fingerprint density at radius 2 is 2.29 bits per heavy atom. The van der Waals surface area contributed by atoms with Crippen LogP contribution in [0.3, 0.4) is 0 Å². The van der Waals surface area contributed by atoms with Crippen molar-refractivity contribution in [2.75, 3.05) is 6.61 Å². The summed E-state index contributed by atoms with van der Waals surface area (Å²) in [7, 11) is 0. The number of hydrogen-bond donors (Lipinski definition) is 2. The number of fused-ring (bicyclic) bond motifs is 1. The maximum absolute atomic E-state index is 8.94. The van der Waals surface area contributed by atoms with Crippen LogP contribution in [-0.4, -0.2) is 26.1 Å². The van der Waals surface area contributed by atoms with Gasteiger partial charge in [0.15, 0.2) is 5.65 Å². The summed E-state index contributed by atoms with van der Waals surface area (Å²) < 4.78 is 2.51. The van der Waals surface area contributed by atoms with Gasteiger partial charge in [-0.2, -0.15) is 0 Å². The molecule has 1 unspecified atom stereocenters. The zero-order valence-corrected chi connectivity index (χ0v) is 8.85. The Morgan fingerprint density at radius 1 is 1.50 bits per heavy atom. The molecule has 1 atom stereocenters. The van der Waals surface area contributed by atoms with Crippen LogP contribution >= 0.6 is 15.9 Å². The van der Waals surface area contributed by atoms with Crippen molar-refractivity contribution in [1.82, 2.24) is 14.4 Å². The fourth-order valence-electron chi connectivity index (χ4n) is 1.25. The van der Waals surface area contributed by atoms with E-state index >= 15 is 0 Å². The number of aliphatic hydroxyl groups is 1. The van der Waals surface area contributed by atoms with Gasteiger partial charge in [-0.15, -0.1) is 0 Å². The van der Waals surface area contributed by atoms with Crippen molar-refractivity contribution in [3.63, 3.8) is 0 Å². The Balaban J connectivity index is 2.61. The van der Waals surface area contributed by atoms with Gasteiger partial charge in [-0.3, -0.25) is 4.40 Å². The van der Waals surface area contributed by atoms with Gasteiger partial charge >= 0.3 is 0 Å². The molecule has 0 saturated heterocycles. The van der Waals surface area contributed by atoms with Gasteiger partial charge in [-0.1, -0.05) is 0 Å². The van der Waals surface area contributed by atoms with Crippen LogP contribution in [0.15, 0.2) is 23.2 Å². The summed E-state index contributed by atoms with van der Waals surface area (Å²) >= 11 is 3.26. The van der Waals surface area contributed by atoms with E-state index in [1.54, 1.807) is 23.0 Å². The highest BCUT2D eigenvalue weighted by Gasteiger charge is 2.10. The first-order valence-electron chi connectivity index (χ1n) is 4.07. The number of aromatic nitrogens is 3. The van der Waals surface area contributed by atoms with Gasteiger partial charge in [-0.05, 0) is 15.9 Å². The van der Waals surface area contributed by atoms with Crippen molar-refractivity contribution in [2.45, 2.75) is 6.04 Å². The topological polar surface area (TPSA) is 76.4 Å². The van der Waals surface area contributed by atoms with Crippen LogP contribution in [0.4, 0.5) is 0 Å². The van der Waals surface area contributed by atoms with Crippen molar-refractivity contribution < 1.29 is 5.11 Å². The van der Waals surface area contributed by atoms with E-state index in [4.69, 9.17) is 10.8 Å². The third-order valence-corrected chi connectivity index (χ3v) is 2.38. The van der Waals surface area contributed by atoms with Gasteiger partial charge in [0.2, 0.25) is 0 Å². The molecule has 0 saturated carbocycles. The number of imidazole rings is 1. The third kappa shape index (κ3) is 1.52. The van der Waals surface area contributed by atoms with Gasteiger partial charge in [0.25, 0.3) is 0 Å². The highest BCUT2D eigenvalue weighted by Crippen LogP contribution is 2.14. The molecule has 2 heterocycles. The zero-order chi connectivity index (χ0) is 10.1. The largest absolute Gasteiger partial charge is 0.394 e. The zero-order valence-electron chi connectivity index (χ0n) is 7.26. The Bertz CT molecular complexity index is 456. The van der Waals surface area contributed by atoms with E-state index in [9.17, 15) is 0 Å². The molecule has 0 fully saturated rings. The normalized spacial score (nSPS) is 13.4. The van der Waals surface area contributed by atoms with Gasteiger partial charge in [0.05, 0.1) is 30.7 Å². The van der Waals surface area contributed by atoms with Crippen LogP contribution in [0.1, 0.15) is 11.7 Å². The first-order chi connectivity index (χ1) is 6.72. The molecule has 2 aromatic heterocycles. The molecule has 0 aliphatic rings. The smallest absolute Gasteiger partial charge is 0.155 e. The summed E-state index contributed by atoms with van der Waals surface area (Å²) in [5, 5.41) is 8.94. The maximum Gasteiger partial charge on any atom is 0.155 e. The van der Waals surface area contributed by atoms with Crippen LogP contribution in [0.2, 0.25) is 0 Å². The lowest BCUT2D eigenvalue weighted by molar-refractivity contribution is 0.265. The number of nitrogens with two attached hydrogens (primary N) is 1. The molecule has 5 nitrogen and oxygen atoms in total. The average molecular weight is 257 g/mol. The van der Waals surface area contributed by atoms with Crippen molar-refractivity contribution >= 4 is 21.6 Å². The fourth-order valence-corrected chi connectivity index (χ4v) is 1.56. The van der Waals surface area contributed by atoms with Crippen LogP contribution in [0.5, 0.6) is 0 Å². The molecule has 0 bridgehead atoms. The highest BCUT2D eigenvalue weighted by atomic mass is 79.9. The second kappa shape index (κ2) is 3.64. The van der Waals surface area contributed by atoms with E-state index in [0.717, 1.165) is 5.69 Å². The fraction of sp³-hybridized carbons (Fsp3) is 0.250. The van der Waals surface area contributed by atoms with Crippen LogP contribution < -0.4 is 5.73 Å². The summed E-state index contributed by atoms with van der Waals surface area (Å²) in [6, 6.07) is -0.417. The van der Waals surface area contributed by atoms with Crippen LogP contribution in [0.25, 0.3) is 5.65 Å². The number of aliphatic hydroxyl groups excluding tert-OH is 1. The molecule has 74 valence electrons. The second-order valence-corrected chi connectivity index (χ2v) is 3.72. The van der Waals surface area contributed by atoms with E-state index in [-0.39, 0.29) is 6.61 Å². The number of hydrogen-bond acceptors (Lipinski definition) is 4. The highest BCUT2D eigenvalue weighted by molar-refractivity contribution is 9.10. The molecule has 0 aromatic carbocycles. The summed E-state index contributed by atoms with van der Waals surface area (Å²) in [6.07, 6.45) is 5.05. The Morgan fingerprint density at radius 3 is 3.00 bits per heavy atom. The molecule has 0 spiro atoms. The van der Waals surface area contributed by atoms with Gasteiger partial charge in [0, 0.05) is 6.20 Å². The van der Waals surface area contributed by atoms with Crippen molar-refractivity contribution in [2.24, 2.45) is 5.73 Å². The monoisotopic (exact) mass is 256 g/mol. The Kier molecular flexibility index (Phi) is 2.49. The summed E-state index contributed by atoms with van der Waals surface area (Å²) in [5.41, 5.74) is 7.19. The van der Waals surface area contributed by atoms with Gasteiger partial charge in [-0.25, -0.2) is 9.97 Å². The molecule has 0 radical (unpaired) electrons. The quantitative estimate of drug-likeness (QED) is 0.820. The van der Waals surface area contributed by atoms with Crippen LogP contribution in [-0.2, 0) is 0 Å². The predicted molar refractivity (Wildman–Crippen MR) is 54.7 cm³/mol. The lowest BCUT2D eigenvalue weighted by Crippen LogP contribution is -2.16. The van der Waals surface area contributed by atoms with Crippen molar-refractivity contribution in [1.29, 1.82) is 0 Å². The van der Waals surface area contributed by atoms with Crippen molar-refractivity contribution in [3.05, 3.63) is 28.9 Å². The lowest BCUT2D eigenvalue weighted by Gasteiger charge is -2.07. The second-order valence-electron chi connectivity index (χ2n) is 2.91. The summed E-state index contributed by atoms with van der Waals surface area (Å²) in [5.74, 6) is 0. The summed E-state index contributed by atoms with van der Waals surface area (Å²) in [6.45, 7) is -0.103. The van der Waals surface area contributed by atoms with E-state index < -0.39 is 6.04 Å². The molecular formula is C8H9BrN4O. The molecule has 0 aliphatic heterocycles. The van der Waals surface area contributed by atoms with E-state index in [0.29, 0.717) is 10.3 Å². The standard InChI is InChI=1S/C8H9BrN4O/c9-7-3-13-6(5(10)4-14)1-12-8(13)2-11-7/h1-3,5,14H,4,10H2. The molecule has 0 aliphatic carbocycles. The van der Waals surface area contributed by atoms with Crippen molar-refractivity contribution in [3.8, 4) is 0 Å². The first kappa shape index (κ1) is 9.57. The SMILES string of the molecule is NC(CO)c1cnc2cnc(Br)cn12. The predicted octanol–water partition coefficient (Wildman–Crippen LogP) is 0.484. The molecule has 6 heteroatoms. The third-order valence-electron chi connectivity index (χ3n) is 1.97. The minimum Gasteiger partial charge on any atom is -0.394 e. The first-order valence-corrected chi connectivity index (χ1v) is 4.86. The van der Waals surface area contributed by atoms with Crippen LogP contribution in [0, 0.1) is 0 Å². The molecule has 2 aromatic rings. The Labute approximate surface area is 88.7 Å². The number of nitrogens with zero attached hydrogens (tertiary/aromatic N) is 3.